The number of nitrogens with one attached hydrogen (secondary N) is 1. The first-order valence-electron chi connectivity index (χ1n) is 7.37. The molecule has 120 valence electrons. The Morgan fingerprint density at radius 3 is 2.83 bits per heavy atom. The van der Waals surface area contributed by atoms with Crippen molar-refractivity contribution in [3.05, 3.63) is 40.4 Å². The first kappa shape index (κ1) is 16.0. The fourth-order valence-electron chi connectivity index (χ4n) is 2.40. The third-order valence-corrected chi connectivity index (χ3v) is 4.91. The molecule has 1 saturated heterocycles. The van der Waals surface area contributed by atoms with Crippen LogP contribution in [0.3, 0.4) is 0 Å². The number of amides is 2. The van der Waals surface area contributed by atoms with Gasteiger partial charge in [-0.15, -0.1) is 11.3 Å². The van der Waals surface area contributed by atoms with Crippen molar-refractivity contribution in [3.63, 3.8) is 0 Å². The average molecular weight is 350 g/mol. The second-order valence-electron chi connectivity index (χ2n) is 5.33. The summed E-state index contributed by atoms with van der Waals surface area (Å²) in [5, 5.41) is 4.42. The summed E-state index contributed by atoms with van der Waals surface area (Å²) >= 11 is 7.40. The number of rotatable bonds is 5. The zero-order chi connectivity index (χ0) is 16.2. The van der Waals surface area contributed by atoms with Crippen LogP contribution in [0.25, 0.3) is 10.6 Å². The van der Waals surface area contributed by atoms with Crippen LogP contribution < -0.4 is 5.32 Å². The molecule has 0 saturated carbocycles. The molecule has 2 heterocycles. The summed E-state index contributed by atoms with van der Waals surface area (Å²) in [7, 11) is 0. The number of nitrogens with zero attached hydrogens (tertiary/aromatic N) is 2. The van der Waals surface area contributed by atoms with Crippen LogP contribution in [0.1, 0.15) is 17.7 Å². The van der Waals surface area contributed by atoms with Gasteiger partial charge in [0, 0.05) is 34.6 Å². The quantitative estimate of drug-likeness (QED) is 0.902. The predicted octanol–water partition coefficient (Wildman–Crippen LogP) is 2.70. The van der Waals surface area contributed by atoms with E-state index in [-0.39, 0.29) is 18.4 Å². The summed E-state index contributed by atoms with van der Waals surface area (Å²) in [6.45, 7) is 1.24. The summed E-state index contributed by atoms with van der Waals surface area (Å²) in [6, 6.07) is 7.49. The van der Waals surface area contributed by atoms with Gasteiger partial charge in [-0.1, -0.05) is 23.7 Å². The molecular formula is C16H16ClN3O2S. The maximum Gasteiger partial charge on any atom is 0.239 e. The van der Waals surface area contributed by atoms with Crippen molar-refractivity contribution in [2.75, 3.05) is 13.1 Å². The minimum absolute atomic E-state index is 0.0583. The summed E-state index contributed by atoms with van der Waals surface area (Å²) in [4.78, 5) is 30.3. The Bertz CT molecular complexity index is 714. The van der Waals surface area contributed by atoms with Crippen LogP contribution in [0.15, 0.2) is 30.5 Å². The van der Waals surface area contributed by atoms with Gasteiger partial charge in [0.15, 0.2) is 0 Å². The lowest BCUT2D eigenvalue weighted by Crippen LogP contribution is -2.37. The van der Waals surface area contributed by atoms with Crippen molar-refractivity contribution in [1.29, 1.82) is 0 Å². The van der Waals surface area contributed by atoms with Gasteiger partial charge in [-0.25, -0.2) is 4.98 Å². The smallest absolute Gasteiger partial charge is 0.239 e. The van der Waals surface area contributed by atoms with E-state index in [2.05, 4.69) is 10.3 Å². The summed E-state index contributed by atoms with van der Waals surface area (Å²) in [5.74, 6) is -0.0790. The Labute approximate surface area is 143 Å². The van der Waals surface area contributed by atoms with Gasteiger partial charge in [0.25, 0.3) is 0 Å². The number of carbonyl (C=O) groups excluding carboxylic acids is 2. The Morgan fingerprint density at radius 1 is 1.35 bits per heavy atom. The highest BCUT2D eigenvalue weighted by Gasteiger charge is 2.22. The predicted molar refractivity (Wildman–Crippen MR) is 90.2 cm³/mol. The molecular weight excluding hydrogens is 334 g/mol. The van der Waals surface area contributed by atoms with Crippen LogP contribution in [0.5, 0.6) is 0 Å². The topological polar surface area (TPSA) is 62.3 Å². The maximum absolute atomic E-state index is 11.9. The second-order valence-corrected chi connectivity index (χ2v) is 6.89. The van der Waals surface area contributed by atoms with E-state index in [4.69, 9.17) is 11.6 Å². The highest BCUT2D eigenvalue weighted by atomic mass is 35.5. The molecule has 23 heavy (non-hydrogen) atoms. The number of hydrogen-bond acceptors (Lipinski definition) is 4. The Morgan fingerprint density at radius 2 is 2.13 bits per heavy atom. The lowest BCUT2D eigenvalue weighted by Gasteiger charge is -2.14. The van der Waals surface area contributed by atoms with Crippen LogP contribution in [-0.2, 0) is 16.1 Å². The molecule has 1 N–H and O–H groups in total. The fourth-order valence-corrected chi connectivity index (χ4v) is 3.38. The van der Waals surface area contributed by atoms with E-state index in [0.717, 1.165) is 21.9 Å². The van der Waals surface area contributed by atoms with E-state index < -0.39 is 0 Å². The van der Waals surface area contributed by atoms with Gasteiger partial charge in [0.05, 0.1) is 13.1 Å². The molecule has 0 spiro atoms. The summed E-state index contributed by atoms with van der Waals surface area (Å²) < 4.78 is 0. The Kier molecular flexibility index (Phi) is 4.93. The lowest BCUT2D eigenvalue weighted by molar-refractivity contribution is -0.133. The van der Waals surface area contributed by atoms with Crippen molar-refractivity contribution in [3.8, 4) is 10.6 Å². The number of carbonyl (C=O) groups is 2. The van der Waals surface area contributed by atoms with Gasteiger partial charge in [-0.05, 0) is 18.6 Å². The van der Waals surface area contributed by atoms with E-state index >= 15 is 0 Å². The lowest BCUT2D eigenvalue weighted by atomic mass is 10.2. The molecule has 1 aliphatic rings. The standard InChI is InChI=1S/C16H16ClN3O2S/c17-12-5-3-11(4-6-12)16-19-9-13(23-16)8-18-14(21)10-20-7-1-2-15(20)22/h3-6,9H,1-2,7-8,10H2,(H,18,21). The van der Waals surface area contributed by atoms with E-state index in [1.54, 1.807) is 11.1 Å². The van der Waals surface area contributed by atoms with Crippen molar-refractivity contribution in [2.45, 2.75) is 19.4 Å². The van der Waals surface area contributed by atoms with Crippen molar-refractivity contribution in [2.24, 2.45) is 0 Å². The molecule has 0 unspecified atom stereocenters. The number of halogens is 1. The summed E-state index contributed by atoms with van der Waals surface area (Å²) in [5.41, 5.74) is 1.000. The van der Waals surface area contributed by atoms with Gasteiger partial charge >= 0.3 is 0 Å². The zero-order valence-electron chi connectivity index (χ0n) is 12.4. The van der Waals surface area contributed by atoms with Crippen LogP contribution in [0, 0.1) is 0 Å². The summed E-state index contributed by atoms with van der Waals surface area (Å²) in [6.07, 6.45) is 3.15. The van der Waals surface area contributed by atoms with E-state index in [1.165, 1.54) is 11.3 Å². The highest BCUT2D eigenvalue weighted by molar-refractivity contribution is 7.15. The highest BCUT2D eigenvalue weighted by Crippen LogP contribution is 2.26. The largest absolute Gasteiger partial charge is 0.350 e. The van der Waals surface area contributed by atoms with Gasteiger partial charge in [0.2, 0.25) is 11.8 Å². The molecule has 1 aromatic carbocycles. The number of aromatic nitrogens is 1. The molecule has 1 aromatic heterocycles. The Balaban J connectivity index is 1.53. The van der Waals surface area contributed by atoms with Crippen LogP contribution in [-0.4, -0.2) is 34.8 Å². The number of benzene rings is 1. The molecule has 1 fully saturated rings. The molecule has 2 aromatic rings. The van der Waals surface area contributed by atoms with Crippen molar-refractivity contribution >= 4 is 34.8 Å². The molecule has 3 rings (SSSR count). The molecule has 2 amide bonds. The molecule has 0 bridgehead atoms. The third-order valence-electron chi connectivity index (χ3n) is 3.61. The molecule has 5 nitrogen and oxygen atoms in total. The van der Waals surface area contributed by atoms with Gasteiger partial charge in [-0.3, -0.25) is 9.59 Å². The van der Waals surface area contributed by atoms with E-state index in [9.17, 15) is 9.59 Å². The normalized spacial score (nSPS) is 14.3. The molecule has 7 heteroatoms. The number of thiazole rings is 1. The minimum atomic E-state index is -0.137. The molecule has 0 aliphatic carbocycles. The first-order chi connectivity index (χ1) is 11.1. The van der Waals surface area contributed by atoms with Crippen molar-refractivity contribution in [1.82, 2.24) is 15.2 Å². The molecule has 0 radical (unpaired) electrons. The van der Waals surface area contributed by atoms with Gasteiger partial charge in [-0.2, -0.15) is 0 Å². The molecule has 0 atom stereocenters. The van der Waals surface area contributed by atoms with E-state index in [1.807, 2.05) is 24.3 Å². The van der Waals surface area contributed by atoms with Crippen LogP contribution in [0.2, 0.25) is 5.02 Å². The molecule has 1 aliphatic heterocycles. The average Bonchev–Trinajstić information content (AvgIpc) is 3.16. The zero-order valence-corrected chi connectivity index (χ0v) is 14.0. The Hall–Kier alpha value is -1.92. The first-order valence-corrected chi connectivity index (χ1v) is 8.56. The van der Waals surface area contributed by atoms with Crippen LogP contribution >= 0.6 is 22.9 Å². The third kappa shape index (κ3) is 4.09. The monoisotopic (exact) mass is 349 g/mol. The maximum atomic E-state index is 11.9. The van der Waals surface area contributed by atoms with E-state index in [0.29, 0.717) is 24.5 Å². The van der Waals surface area contributed by atoms with Crippen molar-refractivity contribution < 1.29 is 9.59 Å². The SMILES string of the molecule is O=C(CN1CCCC1=O)NCc1cnc(-c2ccc(Cl)cc2)s1. The minimum Gasteiger partial charge on any atom is -0.350 e. The van der Waals surface area contributed by atoms with Gasteiger partial charge in [0.1, 0.15) is 5.01 Å². The van der Waals surface area contributed by atoms with Crippen LogP contribution in [0.4, 0.5) is 0 Å². The number of hydrogen-bond donors (Lipinski definition) is 1. The second kappa shape index (κ2) is 7.10. The number of likely N-dealkylation sites (tertiary alicyclic amines) is 1. The fraction of sp³-hybridized carbons (Fsp3) is 0.312. The van der Waals surface area contributed by atoms with Gasteiger partial charge < -0.3 is 10.2 Å².